The van der Waals surface area contributed by atoms with E-state index in [0.29, 0.717) is 11.7 Å². The second kappa shape index (κ2) is 4.11. The molecule has 3 heteroatoms. The highest BCUT2D eigenvalue weighted by Crippen LogP contribution is 2.32. The summed E-state index contributed by atoms with van der Waals surface area (Å²) < 4.78 is 0. The van der Waals surface area contributed by atoms with Crippen LogP contribution in [0.15, 0.2) is 18.2 Å². The minimum absolute atomic E-state index is 0.371. The first-order valence-electron chi connectivity index (χ1n) is 5.36. The number of nitrogens with zero attached hydrogens (tertiary/aromatic N) is 1. The van der Waals surface area contributed by atoms with Crippen LogP contribution in [-0.4, -0.2) is 37.2 Å². The highest BCUT2D eigenvalue weighted by Gasteiger charge is 2.20. The van der Waals surface area contributed by atoms with Crippen LogP contribution in [-0.2, 0) is 6.42 Å². The molecule has 1 aromatic carbocycles. The summed E-state index contributed by atoms with van der Waals surface area (Å²) in [5.74, 6) is 1.00. The van der Waals surface area contributed by atoms with Gasteiger partial charge in [-0.05, 0) is 38.1 Å². The molecule has 0 radical (unpaired) electrons. The molecule has 2 rings (SSSR count). The van der Waals surface area contributed by atoms with Gasteiger partial charge in [0.25, 0.3) is 0 Å². The van der Waals surface area contributed by atoms with Crippen LogP contribution >= 0.6 is 0 Å². The molecule has 0 amide bonds. The average molecular weight is 206 g/mol. The maximum atomic E-state index is 9.65. The molecule has 15 heavy (non-hydrogen) atoms. The van der Waals surface area contributed by atoms with E-state index in [4.69, 9.17) is 0 Å². The van der Waals surface area contributed by atoms with Gasteiger partial charge in [0.15, 0.2) is 0 Å². The Bertz CT molecular complexity index is 349. The van der Waals surface area contributed by atoms with Crippen LogP contribution in [0, 0.1) is 5.92 Å². The molecule has 1 aliphatic rings. The monoisotopic (exact) mass is 206 g/mol. The largest absolute Gasteiger partial charge is 0.506 e. The number of benzene rings is 1. The zero-order valence-electron chi connectivity index (χ0n) is 9.33. The summed E-state index contributed by atoms with van der Waals surface area (Å²) in [7, 11) is 4.19. The van der Waals surface area contributed by atoms with Crippen LogP contribution in [0.2, 0.25) is 0 Å². The smallest absolute Gasteiger partial charge is 0.138 e. The molecule has 0 spiro atoms. The summed E-state index contributed by atoms with van der Waals surface area (Å²) in [5.41, 5.74) is 2.15. The molecular formula is C12H18N2O. The van der Waals surface area contributed by atoms with Gasteiger partial charge in [-0.2, -0.15) is 0 Å². The quantitative estimate of drug-likeness (QED) is 0.720. The predicted octanol–water partition coefficient (Wildman–Crippen LogP) is 1.54. The fraction of sp³-hybridized carbons (Fsp3) is 0.500. The summed E-state index contributed by atoms with van der Waals surface area (Å²) in [6.45, 7) is 2.03. The van der Waals surface area contributed by atoms with Crippen LogP contribution in [0.5, 0.6) is 5.75 Å². The first-order valence-corrected chi connectivity index (χ1v) is 5.36. The molecule has 0 fully saturated rings. The van der Waals surface area contributed by atoms with Gasteiger partial charge in [-0.3, -0.25) is 0 Å². The molecule has 0 saturated heterocycles. The van der Waals surface area contributed by atoms with E-state index >= 15 is 0 Å². The lowest BCUT2D eigenvalue weighted by Gasteiger charge is -2.28. The van der Waals surface area contributed by atoms with Crippen molar-refractivity contribution in [1.82, 2.24) is 4.90 Å². The first kappa shape index (κ1) is 10.3. The normalized spacial score (nSPS) is 19.8. The van der Waals surface area contributed by atoms with E-state index in [-0.39, 0.29) is 0 Å². The molecule has 0 aliphatic carbocycles. The van der Waals surface area contributed by atoms with Gasteiger partial charge in [-0.1, -0.05) is 12.1 Å². The molecule has 82 valence electrons. The minimum atomic E-state index is 0.371. The average Bonchev–Trinajstić information content (AvgIpc) is 2.17. The molecule has 1 aliphatic heterocycles. The lowest BCUT2D eigenvalue weighted by Crippen LogP contribution is -2.31. The van der Waals surface area contributed by atoms with Crippen molar-refractivity contribution in [2.24, 2.45) is 5.92 Å². The molecule has 0 aromatic heterocycles. The van der Waals surface area contributed by atoms with Crippen molar-refractivity contribution in [1.29, 1.82) is 0 Å². The standard InChI is InChI=1S/C12H18N2O/c1-14(2)8-9-6-10-4-3-5-11(15)12(10)13-7-9/h3-5,9,13,15H,6-8H2,1-2H3. The number of aromatic hydroxyl groups is 1. The number of nitrogens with one attached hydrogen (secondary N) is 1. The van der Waals surface area contributed by atoms with Crippen LogP contribution in [0.3, 0.4) is 0 Å². The highest BCUT2D eigenvalue weighted by molar-refractivity contribution is 5.62. The van der Waals surface area contributed by atoms with E-state index in [1.807, 2.05) is 6.07 Å². The predicted molar refractivity (Wildman–Crippen MR) is 62.3 cm³/mol. The van der Waals surface area contributed by atoms with E-state index in [9.17, 15) is 5.11 Å². The van der Waals surface area contributed by atoms with Crippen molar-refractivity contribution < 1.29 is 5.11 Å². The van der Waals surface area contributed by atoms with E-state index < -0.39 is 0 Å². The Morgan fingerprint density at radius 2 is 2.27 bits per heavy atom. The molecule has 1 atom stereocenters. The number of phenols is 1. The summed E-state index contributed by atoms with van der Waals surface area (Å²) >= 11 is 0. The number of hydrogen-bond donors (Lipinski definition) is 2. The lowest BCUT2D eigenvalue weighted by atomic mass is 9.93. The van der Waals surface area contributed by atoms with Crippen LogP contribution in [0.25, 0.3) is 0 Å². The van der Waals surface area contributed by atoms with Gasteiger partial charge in [0.2, 0.25) is 0 Å². The van der Waals surface area contributed by atoms with Gasteiger partial charge in [0.1, 0.15) is 5.75 Å². The van der Waals surface area contributed by atoms with Crippen LogP contribution in [0.4, 0.5) is 5.69 Å². The molecule has 2 N–H and O–H groups in total. The van der Waals surface area contributed by atoms with E-state index in [0.717, 1.165) is 25.2 Å². The fourth-order valence-corrected chi connectivity index (χ4v) is 2.24. The Balaban J connectivity index is 2.13. The topological polar surface area (TPSA) is 35.5 Å². The van der Waals surface area contributed by atoms with Crippen molar-refractivity contribution in [2.45, 2.75) is 6.42 Å². The Hall–Kier alpha value is -1.22. The molecule has 3 nitrogen and oxygen atoms in total. The second-order valence-electron chi connectivity index (χ2n) is 4.52. The zero-order chi connectivity index (χ0) is 10.8. The Labute approximate surface area is 90.7 Å². The lowest BCUT2D eigenvalue weighted by molar-refractivity contribution is 0.327. The van der Waals surface area contributed by atoms with E-state index in [1.54, 1.807) is 6.07 Å². The van der Waals surface area contributed by atoms with Gasteiger partial charge < -0.3 is 15.3 Å². The van der Waals surface area contributed by atoms with Gasteiger partial charge in [-0.15, -0.1) is 0 Å². The Morgan fingerprint density at radius 1 is 1.47 bits per heavy atom. The van der Waals surface area contributed by atoms with Crippen molar-refractivity contribution in [3.8, 4) is 5.75 Å². The third-order valence-electron chi connectivity index (χ3n) is 2.83. The molecule has 1 aromatic rings. The maximum absolute atomic E-state index is 9.65. The third kappa shape index (κ3) is 2.23. The Morgan fingerprint density at radius 3 is 3.00 bits per heavy atom. The zero-order valence-corrected chi connectivity index (χ0v) is 9.33. The number of anilines is 1. The van der Waals surface area contributed by atoms with E-state index in [2.05, 4.69) is 30.4 Å². The number of rotatable bonds is 2. The minimum Gasteiger partial charge on any atom is -0.506 e. The number of fused-ring (bicyclic) bond motifs is 1. The molecule has 0 saturated carbocycles. The summed E-state index contributed by atoms with van der Waals surface area (Å²) in [4.78, 5) is 2.21. The third-order valence-corrected chi connectivity index (χ3v) is 2.83. The number of phenolic OH excluding ortho intramolecular Hbond substituents is 1. The summed E-state index contributed by atoms with van der Waals surface area (Å²) in [6, 6.07) is 5.73. The number of hydrogen-bond acceptors (Lipinski definition) is 3. The van der Waals surface area contributed by atoms with Crippen molar-refractivity contribution in [3.63, 3.8) is 0 Å². The first-order chi connectivity index (χ1) is 7.16. The van der Waals surface area contributed by atoms with Gasteiger partial charge >= 0.3 is 0 Å². The molecule has 0 bridgehead atoms. The van der Waals surface area contributed by atoms with Gasteiger partial charge in [0, 0.05) is 13.1 Å². The van der Waals surface area contributed by atoms with Crippen LogP contribution < -0.4 is 5.32 Å². The van der Waals surface area contributed by atoms with Crippen LogP contribution in [0.1, 0.15) is 5.56 Å². The van der Waals surface area contributed by atoms with Gasteiger partial charge in [0.05, 0.1) is 5.69 Å². The van der Waals surface area contributed by atoms with E-state index in [1.165, 1.54) is 5.56 Å². The molecule has 1 heterocycles. The maximum Gasteiger partial charge on any atom is 0.138 e. The van der Waals surface area contributed by atoms with Gasteiger partial charge in [-0.25, -0.2) is 0 Å². The Kier molecular flexibility index (Phi) is 2.82. The molecule has 1 unspecified atom stereocenters. The SMILES string of the molecule is CN(C)CC1CNc2c(O)cccc2C1. The van der Waals surface area contributed by atoms with Crippen molar-refractivity contribution in [2.75, 3.05) is 32.5 Å². The summed E-state index contributed by atoms with van der Waals surface area (Å²) in [6.07, 6.45) is 1.05. The van der Waals surface area contributed by atoms with Crippen molar-refractivity contribution >= 4 is 5.69 Å². The summed E-state index contributed by atoms with van der Waals surface area (Å²) in [5, 5.41) is 13.0. The second-order valence-corrected chi connectivity index (χ2v) is 4.52. The fourth-order valence-electron chi connectivity index (χ4n) is 2.24. The van der Waals surface area contributed by atoms with Crippen molar-refractivity contribution in [3.05, 3.63) is 23.8 Å². The number of para-hydroxylation sites is 1. The molecular weight excluding hydrogens is 188 g/mol. The highest BCUT2D eigenvalue weighted by atomic mass is 16.3.